The second-order valence-corrected chi connectivity index (χ2v) is 2.76. The highest BCUT2D eigenvalue weighted by Gasteiger charge is 2.21. The van der Waals surface area contributed by atoms with E-state index in [-0.39, 0.29) is 5.78 Å². The lowest BCUT2D eigenvalue weighted by Crippen LogP contribution is -2.17. The van der Waals surface area contributed by atoms with Crippen molar-refractivity contribution in [2.75, 3.05) is 0 Å². The third-order valence-corrected chi connectivity index (χ3v) is 2.21. The molecule has 0 amide bonds. The maximum atomic E-state index is 10.7. The molecule has 1 rings (SSSR count). The Bertz CT molecular complexity index is 160. The first-order chi connectivity index (χ1) is 4.25. The smallest absolute Gasteiger partial charge is 0.155 e. The van der Waals surface area contributed by atoms with E-state index in [1.165, 1.54) is 0 Å². The van der Waals surface area contributed by atoms with Crippen molar-refractivity contribution in [3.05, 3.63) is 11.6 Å². The summed E-state index contributed by atoms with van der Waals surface area (Å²) in [5, 5.41) is 0. The van der Waals surface area contributed by atoms with E-state index >= 15 is 0 Å². The Kier molecular flexibility index (Phi) is 1.86. The van der Waals surface area contributed by atoms with Crippen LogP contribution in [0.2, 0.25) is 6.04 Å². The Labute approximate surface area is 58.6 Å². The molecule has 2 heteroatoms. The molecule has 9 heavy (non-hydrogen) atoms. The molecule has 1 aliphatic carbocycles. The van der Waals surface area contributed by atoms with Gasteiger partial charge in [-0.15, -0.1) is 0 Å². The average Bonchev–Trinajstić information content (AvgIpc) is 1.61. The molecule has 3 radical (unpaired) electrons. The van der Waals surface area contributed by atoms with Crippen LogP contribution in [0.3, 0.4) is 0 Å². The van der Waals surface area contributed by atoms with E-state index in [1.807, 2.05) is 6.08 Å². The second-order valence-electron chi connectivity index (χ2n) is 2.35. The molecule has 1 aliphatic rings. The van der Waals surface area contributed by atoms with Gasteiger partial charge in [-0.2, -0.15) is 0 Å². The SMILES string of the molecule is CC(=O)C1=CCC1C[Si]. The lowest BCUT2D eigenvalue weighted by Gasteiger charge is -2.23. The number of Topliss-reactive ketones (excluding diaryl/α,β-unsaturated/α-hetero) is 1. The van der Waals surface area contributed by atoms with Crippen LogP contribution in [0.4, 0.5) is 0 Å². The van der Waals surface area contributed by atoms with Crippen LogP contribution in [0.15, 0.2) is 11.6 Å². The fourth-order valence-electron chi connectivity index (χ4n) is 1.03. The predicted molar refractivity (Wildman–Crippen MR) is 37.4 cm³/mol. The zero-order valence-corrected chi connectivity index (χ0v) is 6.48. The third-order valence-electron chi connectivity index (χ3n) is 1.72. The minimum absolute atomic E-state index is 0.226. The van der Waals surface area contributed by atoms with Crippen LogP contribution in [-0.2, 0) is 4.79 Å². The van der Waals surface area contributed by atoms with E-state index in [1.54, 1.807) is 6.92 Å². The lowest BCUT2D eigenvalue weighted by atomic mass is 9.84. The Morgan fingerprint density at radius 3 is 2.78 bits per heavy atom. The summed E-state index contributed by atoms with van der Waals surface area (Å²) >= 11 is 0. The molecule has 0 saturated heterocycles. The van der Waals surface area contributed by atoms with Gasteiger partial charge in [-0.1, -0.05) is 12.1 Å². The second kappa shape index (κ2) is 2.48. The van der Waals surface area contributed by atoms with E-state index in [0.29, 0.717) is 5.92 Å². The normalized spacial score (nSPS) is 24.7. The molecular weight excluding hydrogens is 128 g/mol. The Morgan fingerprint density at radius 2 is 2.67 bits per heavy atom. The van der Waals surface area contributed by atoms with Crippen LogP contribution in [0.25, 0.3) is 0 Å². The van der Waals surface area contributed by atoms with E-state index in [2.05, 4.69) is 10.2 Å². The third kappa shape index (κ3) is 1.13. The molecule has 0 spiro atoms. The van der Waals surface area contributed by atoms with Gasteiger partial charge in [-0.05, 0) is 24.8 Å². The van der Waals surface area contributed by atoms with E-state index in [0.717, 1.165) is 18.0 Å². The van der Waals surface area contributed by atoms with Crippen molar-refractivity contribution in [1.82, 2.24) is 0 Å². The topological polar surface area (TPSA) is 17.1 Å². The predicted octanol–water partition coefficient (Wildman–Crippen LogP) is 1.11. The molecule has 1 atom stereocenters. The van der Waals surface area contributed by atoms with Crippen molar-refractivity contribution in [2.45, 2.75) is 19.4 Å². The fourth-order valence-corrected chi connectivity index (χ4v) is 1.41. The zero-order chi connectivity index (χ0) is 6.85. The summed E-state index contributed by atoms with van der Waals surface area (Å²) < 4.78 is 0. The number of ketones is 1. The summed E-state index contributed by atoms with van der Waals surface area (Å²) in [5.74, 6) is 0.726. The van der Waals surface area contributed by atoms with Crippen LogP contribution in [0, 0.1) is 5.92 Å². The molecule has 0 saturated carbocycles. The molecule has 1 nitrogen and oxygen atoms in total. The number of carbonyl (C=O) groups excluding carboxylic acids is 1. The minimum Gasteiger partial charge on any atom is -0.295 e. The van der Waals surface area contributed by atoms with Gasteiger partial charge < -0.3 is 0 Å². The first-order valence-electron chi connectivity index (χ1n) is 3.11. The van der Waals surface area contributed by atoms with Gasteiger partial charge in [0.1, 0.15) is 0 Å². The van der Waals surface area contributed by atoms with Crippen LogP contribution in [-0.4, -0.2) is 16.0 Å². The monoisotopic (exact) mass is 137 g/mol. The summed E-state index contributed by atoms with van der Waals surface area (Å²) in [7, 11) is 3.39. The highest BCUT2D eigenvalue weighted by Crippen LogP contribution is 2.29. The molecule has 0 aliphatic heterocycles. The van der Waals surface area contributed by atoms with Crippen molar-refractivity contribution < 1.29 is 4.79 Å². The fraction of sp³-hybridized carbons (Fsp3) is 0.571. The molecule has 0 fully saturated rings. The highest BCUT2D eigenvalue weighted by molar-refractivity contribution is 6.10. The summed E-state index contributed by atoms with van der Waals surface area (Å²) in [6, 6.07) is 0.922. The first kappa shape index (κ1) is 6.74. The van der Waals surface area contributed by atoms with Crippen molar-refractivity contribution in [1.29, 1.82) is 0 Å². The van der Waals surface area contributed by atoms with Gasteiger partial charge in [0.25, 0.3) is 0 Å². The summed E-state index contributed by atoms with van der Waals surface area (Å²) in [5.41, 5.74) is 1.00. The summed E-state index contributed by atoms with van der Waals surface area (Å²) in [6.45, 7) is 1.62. The van der Waals surface area contributed by atoms with E-state index in [9.17, 15) is 4.79 Å². The molecule has 0 aromatic rings. The number of rotatable bonds is 2. The first-order valence-corrected chi connectivity index (χ1v) is 3.82. The Morgan fingerprint density at radius 1 is 2.00 bits per heavy atom. The van der Waals surface area contributed by atoms with Crippen molar-refractivity contribution in [3.8, 4) is 0 Å². The van der Waals surface area contributed by atoms with E-state index in [4.69, 9.17) is 0 Å². The number of hydrogen-bond acceptors (Lipinski definition) is 1. The summed E-state index contributed by atoms with van der Waals surface area (Å²) in [4.78, 5) is 10.7. The van der Waals surface area contributed by atoms with Gasteiger partial charge in [-0.25, -0.2) is 0 Å². The van der Waals surface area contributed by atoms with Crippen molar-refractivity contribution in [2.24, 2.45) is 5.92 Å². The zero-order valence-electron chi connectivity index (χ0n) is 5.48. The molecular formula is C7H9OSi. The maximum absolute atomic E-state index is 10.7. The molecule has 47 valence electrons. The maximum Gasteiger partial charge on any atom is 0.155 e. The standard InChI is InChI=1S/C7H9OSi/c1-5(8)7-3-2-6(7)4-9/h3,6H,2,4H2,1H3. The van der Waals surface area contributed by atoms with Gasteiger partial charge in [0.2, 0.25) is 0 Å². The number of hydrogen-bond donors (Lipinski definition) is 0. The Balaban J connectivity index is 2.54. The summed E-state index contributed by atoms with van der Waals surface area (Å²) in [6.07, 6.45) is 3.07. The van der Waals surface area contributed by atoms with Crippen LogP contribution in [0.5, 0.6) is 0 Å². The molecule has 0 N–H and O–H groups in total. The molecule has 0 aromatic carbocycles. The Hall–Kier alpha value is -0.373. The average molecular weight is 137 g/mol. The minimum atomic E-state index is 0.226. The van der Waals surface area contributed by atoms with Crippen molar-refractivity contribution >= 4 is 16.0 Å². The highest BCUT2D eigenvalue weighted by atomic mass is 28.1. The van der Waals surface area contributed by atoms with Gasteiger partial charge in [0.05, 0.1) is 0 Å². The van der Waals surface area contributed by atoms with E-state index < -0.39 is 0 Å². The molecule has 0 aromatic heterocycles. The van der Waals surface area contributed by atoms with Crippen LogP contribution in [0.1, 0.15) is 13.3 Å². The van der Waals surface area contributed by atoms with Crippen molar-refractivity contribution in [3.63, 3.8) is 0 Å². The van der Waals surface area contributed by atoms with Gasteiger partial charge >= 0.3 is 0 Å². The number of carbonyl (C=O) groups is 1. The van der Waals surface area contributed by atoms with Gasteiger partial charge in [0.15, 0.2) is 5.78 Å². The molecule has 0 heterocycles. The lowest BCUT2D eigenvalue weighted by molar-refractivity contribution is -0.114. The van der Waals surface area contributed by atoms with Gasteiger partial charge in [0, 0.05) is 10.2 Å². The largest absolute Gasteiger partial charge is 0.295 e. The van der Waals surface area contributed by atoms with Crippen LogP contribution < -0.4 is 0 Å². The molecule has 1 unspecified atom stereocenters. The molecule has 0 bridgehead atoms. The van der Waals surface area contributed by atoms with Gasteiger partial charge in [-0.3, -0.25) is 4.79 Å². The van der Waals surface area contributed by atoms with Crippen LogP contribution >= 0.6 is 0 Å². The quantitative estimate of drug-likeness (QED) is 0.521. The number of allylic oxidation sites excluding steroid dienone is 2.